The summed E-state index contributed by atoms with van der Waals surface area (Å²) in [6, 6.07) is 9.04. The molecule has 0 saturated heterocycles. The van der Waals surface area contributed by atoms with Crippen molar-refractivity contribution in [1.82, 2.24) is 0 Å². The van der Waals surface area contributed by atoms with E-state index in [0.29, 0.717) is 18.5 Å². The number of nitrogens with zero attached hydrogens (tertiary/aromatic N) is 1. The average molecular weight is 298 g/mol. The summed E-state index contributed by atoms with van der Waals surface area (Å²) in [7, 11) is 0. The van der Waals surface area contributed by atoms with E-state index in [-0.39, 0.29) is 24.4 Å². The predicted molar refractivity (Wildman–Crippen MR) is 81.8 cm³/mol. The summed E-state index contributed by atoms with van der Waals surface area (Å²) in [4.78, 5) is 23.3. The lowest BCUT2D eigenvalue weighted by molar-refractivity contribution is -0.147. The van der Waals surface area contributed by atoms with Gasteiger partial charge in [-0.25, -0.2) is 0 Å². The van der Waals surface area contributed by atoms with Gasteiger partial charge in [0.2, 0.25) is 0 Å². The number of rotatable bonds is 6. The maximum Gasteiger partial charge on any atom is 0.306 e. The standard InChI is InChI=1S/C17H18N2O3/c18-10-9-13-5-7-15(8-6-13)19-16(20)12-22-17(21)11-14-3-1-2-4-14/h1,3,5-8,14H,2,4,9,11-12H2,(H,19,20)/t14-/m1/s1. The van der Waals surface area contributed by atoms with Gasteiger partial charge >= 0.3 is 5.97 Å². The fourth-order valence-corrected chi connectivity index (χ4v) is 2.28. The van der Waals surface area contributed by atoms with Gasteiger partial charge in [-0.3, -0.25) is 9.59 Å². The molecule has 0 aromatic heterocycles. The summed E-state index contributed by atoms with van der Waals surface area (Å²) in [5.74, 6) is -0.484. The lowest BCUT2D eigenvalue weighted by Crippen LogP contribution is -2.21. The highest BCUT2D eigenvalue weighted by Crippen LogP contribution is 2.20. The van der Waals surface area contributed by atoms with Crippen molar-refractivity contribution in [1.29, 1.82) is 5.26 Å². The average Bonchev–Trinajstić information content (AvgIpc) is 3.00. The molecule has 0 radical (unpaired) electrons. The second-order valence-corrected chi connectivity index (χ2v) is 5.21. The molecule has 1 atom stereocenters. The van der Waals surface area contributed by atoms with E-state index in [4.69, 9.17) is 10.00 Å². The molecule has 0 fully saturated rings. The fourth-order valence-electron chi connectivity index (χ4n) is 2.28. The van der Waals surface area contributed by atoms with Crippen LogP contribution in [0.3, 0.4) is 0 Å². The summed E-state index contributed by atoms with van der Waals surface area (Å²) in [5.41, 5.74) is 1.50. The highest BCUT2D eigenvalue weighted by molar-refractivity contribution is 5.92. The molecule has 1 aromatic carbocycles. The van der Waals surface area contributed by atoms with Crippen molar-refractivity contribution in [3.63, 3.8) is 0 Å². The Hall–Kier alpha value is -2.61. The Morgan fingerprint density at radius 3 is 2.73 bits per heavy atom. The SMILES string of the molecule is N#CCc1ccc(NC(=O)COC(=O)C[C@@H]2C=CCC2)cc1. The molecule has 114 valence electrons. The number of ether oxygens (including phenoxy) is 1. The van der Waals surface area contributed by atoms with Gasteiger partial charge in [-0.2, -0.15) is 5.26 Å². The topological polar surface area (TPSA) is 79.2 Å². The summed E-state index contributed by atoms with van der Waals surface area (Å²) < 4.78 is 4.97. The molecule has 0 heterocycles. The Morgan fingerprint density at radius 2 is 2.09 bits per heavy atom. The molecule has 1 amide bonds. The number of hydrogen-bond donors (Lipinski definition) is 1. The molecule has 1 aliphatic carbocycles. The van der Waals surface area contributed by atoms with Crippen LogP contribution in [0.25, 0.3) is 0 Å². The van der Waals surface area contributed by atoms with E-state index < -0.39 is 0 Å². The maximum absolute atomic E-state index is 11.7. The first-order valence-electron chi connectivity index (χ1n) is 7.25. The summed E-state index contributed by atoms with van der Waals surface area (Å²) in [5, 5.41) is 11.2. The normalized spacial score (nSPS) is 16.0. The molecule has 0 aliphatic heterocycles. The third-order valence-electron chi connectivity index (χ3n) is 3.43. The number of amides is 1. The zero-order chi connectivity index (χ0) is 15.8. The molecule has 0 unspecified atom stereocenters. The van der Waals surface area contributed by atoms with E-state index in [1.54, 1.807) is 24.3 Å². The monoisotopic (exact) mass is 298 g/mol. The van der Waals surface area contributed by atoms with Crippen LogP contribution >= 0.6 is 0 Å². The van der Waals surface area contributed by atoms with Crippen molar-refractivity contribution in [3.05, 3.63) is 42.0 Å². The Balaban J connectivity index is 1.71. The van der Waals surface area contributed by atoms with Crippen LogP contribution in [0.1, 0.15) is 24.8 Å². The Kier molecular flexibility index (Phi) is 5.73. The van der Waals surface area contributed by atoms with Crippen molar-refractivity contribution in [2.45, 2.75) is 25.7 Å². The first-order valence-corrected chi connectivity index (χ1v) is 7.25. The van der Waals surface area contributed by atoms with Crippen LogP contribution in [-0.4, -0.2) is 18.5 Å². The quantitative estimate of drug-likeness (QED) is 0.646. The van der Waals surface area contributed by atoms with Gasteiger partial charge in [0, 0.05) is 5.69 Å². The number of benzene rings is 1. The van der Waals surface area contributed by atoms with Gasteiger partial charge in [-0.1, -0.05) is 24.3 Å². The van der Waals surface area contributed by atoms with Crippen LogP contribution in [0.15, 0.2) is 36.4 Å². The minimum Gasteiger partial charge on any atom is -0.456 e. The van der Waals surface area contributed by atoms with Gasteiger partial charge in [0.05, 0.1) is 18.9 Å². The smallest absolute Gasteiger partial charge is 0.306 e. The predicted octanol–water partition coefficient (Wildman–Crippen LogP) is 2.59. The van der Waals surface area contributed by atoms with E-state index in [9.17, 15) is 9.59 Å². The van der Waals surface area contributed by atoms with E-state index in [0.717, 1.165) is 18.4 Å². The third kappa shape index (κ3) is 5.06. The number of carbonyl (C=O) groups excluding carboxylic acids is 2. The third-order valence-corrected chi connectivity index (χ3v) is 3.43. The second-order valence-electron chi connectivity index (χ2n) is 5.21. The lowest BCUT2D eigenvalue weighted by atomic mass is 10.1. The zero-order valence-corrected chi connectivity index (χ0v) is 12.2. The van der Waals surface area contributed by atoms with E-state index >= 15 is 0 Å². The molecule has 22 heavy (non-hydrogen) atoms. The number of hydrogen-bond acceptors (Lipinski definition) is 4. The number of anilines is 1. The van der Waals surface area contributed by atoms with Crippen molar-refractivity contribution in [3.8, 4) is 6.07 Å². The van der Waals surface area contributed by atoms with Crippen molar-refractivity contribution in [2.24, 2.45) is 5.92 Å². The Bertz CT molecular complexity index is 599. The molecule has 0 bridgehead atoms. The molecule has 2 rings (SSSR count). The molecule has 5 heteroatoms. The number of nitriles is 1. The molecular formula is C17H18N2O3. The largest absolute Gasteiger partial charge is 0.456 e. The molecule has 1 aromatic rings. The molecule has 1 N–H and O–H groups in total. The maximum atomic E-state index is 11.7. The van der Waals surface area contributed by atoms with Gasteiger partial charge in [-0.05, 0) is 36.5 Å². The minimum absolute atomic E-state index is 0.239. The van der Waals surface area contributed by atoms with Crippen molar-refractivity contribution < 1.29 is 14.3 Å². The number of esters is 1. The lowest BCUT2D eigenvalue weighted by Gasteiger charge is -2.09. The fraction of sp³-hybridized carbons (Fsp3) is 0.353. The summed E-state index contributed by atoms with van der Waals surface area (Å²) in [6.45, 7) is -0.283. The van der Waals surface area contributed by atoms with Crippen LogP contribution in [0.4, 0.5) is 5.69 Å². The minimum atomic E-state index is -0.372. The van der Waals surface area contributed by atoms with Gasteiger partial charge in [0.25, 0.3) is 5.91 Å². The second kappa shape index (κ2) is 7.99. The van der Waals surface area contributed by atoms with Gasteiger partial charge in [-0.15, -0.1) is 0 Å². The van der Waals surface area contributed by atoms with E-state index in [2.05, 4.69) is 17.5 Å². The van der Waals surface area contributed by atoms with Crippen LogP contribution in [0, 0.1) is 17.2 Å². The Morgan fingerprint density at radius 1 is 1.32 bits per heavy atom. The van der Waals surface area contributed by atoms with Gasteiger partial charge in [0.1, 0.15) is 0 Å². The molecule has 1 aliphatic rings. The number of allylic oxidation sites excluding steroid dienone is 2. The molecule has 5 nitrogen and oxygen atoms in total. The van der Waals surface area contributed by atoms with Gasteiger partial charge in [0.15, 0.2) is 6.61 Å². The summed E-state index contributed by atoms with van der Waals surface area (Å²) in [6.07, 6.45) is 6.70. The van der Waals surface area contributed by atoms with Crippen LogP contribution in [-0.2, 0) is 20.7 Å². The van der Waals surface area contributed by atoms with Crippen molar-refractivity contribution >= 4 is 17.6 Å². The highest BCUT2D eigenvalue weighted by Gasteiger charge is 2.16. The van der Waals surface area contributed by atoms with E-state index in [1.165, 1.54) is 0 Å². The highest BCUT2D eigenvalue weighted by atomic mass is 16.5. The molecule has 0 saturated carbocycles. The van der Waals surface area contributed by atoms with Crippen LogP contribution in [0.2, 0.25) is 0 Å². The number of carbonyl (C=O) groups is 2. The van der Waals surface area contributed by atoms with E-state index in [1.807, 2.05) is 6.08 Å². The first-order chi connectivity index (χ1) is 10.7. The molecule has 0 spiro atoms. The molecular weight excluding hydrogens is 280 g/mol. The van der Waals surface area contributed by atoms with Crippen LogP contribution < -0.4 is 5.32 Å². The first kappa shape index (κ1) is 15.8. The zero-order valence-electron chi connectivity index (χ0n) is 12.2. The Labute approximate surface area is 129 Å². The summed E-state index contributed by atoms with van der Waals surface area (Å²) >= 11 is 0. The van der Waals surface area contributed by atoms with Gasteiger partial charge < -0.3 is 10.1 Å². The van der Waals surface area contributed by atoms with Crippen LogP contribution in [0.5, 0.6) is 0 Å². The van der Waals surface area contributed by atoms with Crippen molar-refractivity contribution in [2.75, 3.05) is 11.9 Å². The number of nitrogens with one attached hydrogen (secondary N) is 1.